The van der Waals surface area contributed by atoms with E-state index in [9.17, 15) is 8.78 Å². The van der Waals surface area contributed by atoms with E-state index in [-0.39, 0.29) is 16.3 Å². The Hall–Kier alpha value is -0.480. The summed E-state index contributed by atoms with van der Waals surface area (Å²) < 4.78 is 27.6. The molecule has 1 aromatic rings. The molecular weight excluding hydrogens is 300 g/mol. The van der Waals surface area contributed by atoms with Gasteiger partial charge >= 0.3 is 0 Å². The molecule has 0 amide bonds. The summed E-state index contributed by atoms with van der Waals surface area (Å²) in [6, 6.07) is 2.39. The van der Waals surface area contributed by atoms with Crippen LogP contribution in [0.1, 0.15) is 51.1 Å². The number of halogens is 3. The molecule has 0 aliphatic rings. The Morgan fingerprint density at radius 3 is 2.50 bits per heavy atom. The highest BCUT2D eigenvalue weighted by molar-refractivity contribution is 9.10. The molecule has 1 rings (SSSR count). The predicted molar refractivity (Wildman–Crippen MR) is 74.6 cm³/mol. The maximum absolute atomic E-state index is 13.9. The Morgan fingerprint density at radius 2 is 1.89 bits per heavy atom. The lowest BCUT2D eigenvalue weighted by Crippen LogP contribution is -2.22. The SMILES string of the molecule is CCCCCC(NCC)c1cc(F)c(Br)cc1F. The smallest absolute Gasteiger partial charge is 0.137 e. The first kappa shape index (κ1) is 15.6. The molecule has 0 heterocycles. The van der Waals surface area contributed by atoms with E-state index in [1.165, 1.54) is 12.1 Å². The van der Waals surface area contributed by atoms with Gasteiger partial charge in [-0.05, 0) is 41.0 Å². The van der Waals surface area contributed by atoms with Crippen molar-refractivity contribution in [3.8, 4) is 0 Å². The fourth-order valence-corrected chi connectivity index (χ4v) is 2.33. The fraction of sp³-hybridized carbons (Fsp3) is 0.571. The van der Waals surface area contributed by atoms with Gasteiger partial charge in [-0.2, -0.15) is 0 Å². The van der Waals surface area contributed by atoms with Gasteiger partial charge in [-0.1, -0.05) is 33.1 Å². The Kier molecular flexibility index (Phi) is 6.79. The Bertz CT molecular complexity index is 382. The minimum Gasteiger partial charge on any atom is -0.310 e. The summed E-state index contributed by atoms with van der Waals surface area (Å²) in [6.45, 7) is 4.84. The first-order valence-corrected chi connectivity index (χ1v) is 7.27. The first-order valence-electron chi connectivity index (χ1n) is 6.48. The lowest BCUT2D eigenvalue weighted by Gasteiger charge is -2.19. The summed E-state index contributed by atoms with van der Waals surface area (Å²) in [5.74, 6) is -0.768. The first-order chi connectivity index (χ1) is 8.60. The van der Waals surface area contributed by atoms with Gasteiger partial charge < -0.3 is 5.32 Å². The highest BCUT2D eigenvalue weighted by Crippen LogP contribution is 2.27. The van der Waals surface area contributed by atoms with Crippen molar-refractivity contribution in [2.75, 3.05) is 6.54 Å². The predicted octanol–water partition coefficient (Wildman–Crippen LogP) is 4.96. The van der Waals surface area contributed by atoms with Crippen LogP contribution < -0.4 is 5.32 Å². The third-order valence-electron chi connectivity index (χ3n) is 2.96. The summed E-state index contributed by atoms with van der Waals surface area (Å²) in [6.07, 6.45) is 4.09. The maximum atomic E-state index is 13.9. The number of rotatable bonds is 7. The molecule has 1 atom stereocenters. The van der Waals surface area contributed by atoms with E-state index in [0.717, 1.165) is 32.2 Å². The Balaban J connectivity index is 2.87. The van der Waals surface area contributed by atoms with Crippen molar-refractivity contribution in [2.24, 2.45) is 0 Å². The number of benzene rings is 1. The summed E-state index contributed by atoms with van der Waals surface area (Å²) >= 11 is 3.00. The van der Waals surface area contributed by atoms with Crippen molar-refractivity contribution in [3.63, 3.8) is 0 Å². The molecule has 0 aliphatic carbocycles. The van der Waals surface area contributed by atoms with Crippen molar-refractivity contribution in [1.29, 1.82) is 0 Å². The van der Waals surface area contributed by atoms with Crippen molar-refractivity contribution >= 4 is 15.9 Å². The lowest BCUT2D eigenvalue weighted by atomic mass is 9.99. The second kappa shape index (κ2) is 7.85. The van der Waals surface area contributed by atoms with Gasteiger partial charge in [-0.15, -0.1) is 0 Å². The van der Waals surface area contributed by atoms with Crippen LogP contribution in [0.5, 0.6) is 0 Å². The number of nitrogens with one attached hydrogen (secondary N) is 1. The monoisotopic (exact) mass is 319 g/mol. The lowest BCUT2D eigenvalue weighted by molar-refractivity contribution is 0.459. The van der Waals surface area contributed by atoms with Gasteiger partial charge in [0.2, 0.25) is 0 Å². The molecule has 0 saturated carbocycles. The third kappa shape index (κ3) is 4.32. The third-order valence-corrected chi connectivity index (χ3v) is 3.57. The highest BCUT2D eigenvalue weighted by atomic mass is 79.9. The van der Waals surface area contributed by atoms with Gasteiger partial charge in [0.15, 0.2) is 0 Å². The van der Waals surface area contributed by atoms with Crippen LogP contribution in [-0.2, 0) is 0 Å². The molecule has 0 radical (unpaired) electrons. The fourth-order valence-electron chi connectivity index (χ4n) is 2.02. The van der Waals surface area contributed by atoms with Gasteiger partial charge in [-0.3, -0.25) is 0 Å². The molecule has 1 aromatic carbocycles. The maximum Gasteiger partial charge on any atom is 0.137 e. The molecule has 0 aliphatic heterocycles. The molecule has 18 heavy (non-hydrogen) atoms. The molecule has 1 N–H and O–H groups in total. The van der Waals surface area contributed by atoms with Crippen molar-refractivity contribution in [3.05, 3.63) is 33.8 Å². The molecule has 0 spiro atoms. The quantitative estimate of drug-likeness (QED) is 0.553. The average molecular weight is 320 g/mol. The van der Waals surface area contributed by atoms with Crippen LogP contribution in [0.2, 0.25) is 0 Å². The van der Waals surface area contributed by atoms with Crippen molar-refractivity contribution < 1.29 is 8.78 Å². The zero-order valence-corrected chi connectivity index (χ0v) is 12.5. The van der Waals surface area contributed by atoms with Gasteiger partial charge in [0.25, 0.3) is 0 Å². The molecule has 0 aromatic heterocycles. The number of hydrogen-bond acceptors (Lipinski definition) is 1. The minimum absolute atomic E-state index is 0.107. The van der Waals surface area contributed by atoms with Crippen LogP contribution in [0.15, 0.2) is 16.6 Å². The van der Waals surface area contributed by atoms with E-state index in [1.807, 2.05) is 6.92 Å². The topological polar surface area (TPSA) is 12.0 Å². The van der Waals surface area contributed by atoms with E-state index < -0.39 is 5.82 Å². The second-order valence-electron chi connectivity index (χ2n) is 4.39. The summed E-state index contributed by atoms with van der Waals surface area (Å²) in [5.41, 5.74) is 0.425. The van der Waals surface area contributed by atoms with E-state index in [4.69, 9.17) is 0 Å². The molecule has 1 unspecified atom stereocenters. The summed E-state index contributed by atoms with van der Waals surface area (Å²) in [4.78, 5) is 0. The summed E-state index contributed by atoms with van der Waals surface area (Å²) in [5, 5.41) is 3.22. The molecule has 0 bridgehead atoms. The van der Waals surface area contributed by atoms with Gasteiger partial charge in [0.05, 0.1) is 4.47 Å². The molecular formula is C14H20BrF2N. The molecule has 102 valence electrons. The van der Waals surface area contributed by atoms with Crippen molar-refractivity contribution in [1.82, 2.24) is 5.32 Å². The highest BCUT2D eigenvalue weighted by Gasteiger charge is 2.17. The van der Waals surface area contributed by atoms with E-state index in [1.54, 1.807) is 0 Å². The minimum atomic E-state index is -0.412. The van der Waals surface area contributed by atoms with Gasteiger partial charge in [0, 0.05) is 11.6 Å². The van der Waals surface area contributed by atoms with Gasteiger partial charge in [0.1, 0.15) is 11.6 Å². The van der Waals surface area contributed by atoms with Crippen LogP contribution in [-0.4, -0.2) is 6.54 Å². The molecule has 4 heteroatoms. The van der Waals surface area contributed by atoms with Crippen LogP contribution in [0.25, 0.3) is 0 Å². The second-order valence-corrected chi connectivity index (χ2v) is 5.25. The zero-order chi connectivity index (χ0) is 13.5. The van der Waals surface area contributed by atoms with Crippen LogP contribution in [0, 0.1) is 11.6 Å². The largest absolute Gasteiger partial charge is 0.310 e. The molecule has 0 saturated heterocycles. The standard InChI is InChI=1S/C14H20BrF2N/c1-3-5-6-7-14(18-4-2)10-8-13(17)11(15)9-12(10)16/h8-9,14,18H,3-7H2,1-2H3. The number of hydrogen-bond donors (Lipinski definition) is 1. The Labute approximate surface area is 116 Å². The van der Waals surface area contributed by atoms with Crippen LogP contribution >= 0.6 is 15.9 Å². The van der Waals surface area contributed by atoms with Crippen LogP contribution in [0.4, 0.5) is 8.78 Å². The Morgan fingerprint density at radius 1 is 1.17 bits per heavy atom. The molecule has 1 nitrogen and oxygen atoms in total. The van der Waals surface area contributed by atoms with E-state index >= 15 is 0 Å². The van der Waals surface area contributed by atoms with Crippen LogP contribution in [0.3, 0.4) is 0 Å². The van der Waals surface area contributed by atoms with E-state index in [0.29, 0.717) is 5.56 Å². The zero-order valence-electron chi connectivity index (χ0n) is 10.9. The van der Waals surface area contributed by atoms with Gasteiger partial charge in [-0.25, -0.2) is 8.78 Å². The molecule has 0 fully saturated rings. The van der Waals surface area contributed by atoms with Crippen molar-refractivity contribution in [2.45, 2.75) is 45.6 Å². The normalized spacial score (nSPS) is 12.7. The number of unbranched alkanes of at least 4 members (excludes halogenated alkanes) is 2. The average Bonchev–Trinajstić information content (AvgIpc) is 2.33. The summed E-state index contributed by atoms with van der Waals surface area (Å²) in [7, 11) is 0. The van der Waals surface area contributed by atoms with E-state index in [2.05, 4.69) is 28.2 Å².